The van der Waals surface area contributed by atoms with Crippen LogP contribution < -0.4 is 4.90 Å². The summed E-state index contributed by atoms with van der Waals surface area (Å²) >= 11 is 0. The summed E-state index contributed by atoms with van der Waals surface area (Å²) < 4.78 is 38.8. The lowest BCUT2D eigenvalue weighted by molar-refractivity contribution is -0.137. The normalized spacial score (nSPS) is 15.3. The number of para-hydroxylation sites is 1. The van der Waals surface area contributed by atoms with Crippen molar-refractivity contribution in [2.24, 2.45) is 4.99 Å². The lowest BCUT2D eigenvalue weighted by Gasteiger charge is -2.21. The van der Waals surface area contributed by atoms with E-state index >= 15 is 0 Å². The maximum atomic E-state index is 12.9. The Kier molecular flexibility index (Phi) is 3.64. The highest BCUT2D eigenvalue weighted by atomic mass is 35.5. The van der Waals surface area contributed by atoms with E-state index in [1.54, 1.807) is 0 Å². The van der Waals surface area contributed by atoms with E-state index < -0.39 is 11.7 Å². The zero-order valence-corrected chi connectivity index (χ0v) is 13.1. The van der Waals surface area contributed by atoms with Gasteiger partial charge in [-0.05, 0) is 37.1 Å². The van der Waals surface area contributed by atoms with Crippen LogP contribution >= 0.6 is 12.4 Å². The van der Waals surface area contributed by atoms with Crippen LogP contribution in [0.4, 0.5) is 30.2 Å². The second-order valence-corrected chi connectivity index (χ2v) is 5.61. The fraction of sp³-hybridized carbons (Fsp3) is 0.235. The molecule has 0 amide bonds. The maximum absolute atomic E-state index is 12.9. The van der Waals surface area contributed by atoms with Crippen molar-refractivity contribution in [2.45, 2.75) is 19.5 Å². The molecule has 4 rings (SSSR count). The van der Waals surface area contributed by atoms with Gasteiger partial charge in [0.25, 0.3) is 0 Å². The minimum Gasteiger partial charge on any atom is -0.339 e. The molecule has 23 heavy (non-hydrogen) atoms. The van der Waals surface area contributed by atoms with Gasteiger partial charge in [0.2, 0.25) is 0 Å². The third-order valence-electron chi connectivity index (χ3n) is 4.27. The Morgan fingerprint density at radius 2 is 1.91 bits per heavy atom. The molecule has 0 saturated heterocycles. The van der Waals surface area contributed by atoms with Crippen molar-refractivity contribution >= 4 is 35.2 Å². The number of benzene rings is 2. The van der Waals surface area contributed by atoms with E-state index in [2.05, 4.69) is 16.0 Å². The van der Waals surface area contributed by atoms with Gasteiger partial charge in [-0.25, -0.2) is 0 Å². The molecule has 0 atom stereocenters. The molecule has 0 aliphatic carbocycles. The first kappa shape index (κ1) is 15.9. The van der Waals surface area contributed by atoms with E-state index in [0.29, 0.717) is 5.69 Å². The molecule has 2 aliphatic rings. The second kappa shape index (κ2) is 5.27. The quantitative estimate of drug-likeness (QED) is 0.638. The minimum atomic E-state index is -4.35. The van der Waals surface area contributed by atoms with Gasteiger partial charge in [-0.3, -0.25) is 4.99 Å². The van der Waals surface area contributed by atoms with Gasteiger partial charge in [0.1, 0.15) is 0 Å². The summed E-state index contributed by atoms with van der Waals surface area (Å²) in [4.78, 5) is 6.54. The Morgan fingerprint density at radius 1 is 1.13 bits per heavy atom. The molecule has 0 spiro atoms. The third-order valence-corrected chi connectivity index (χ3v) is 4.27. The minimum absolute atomic E-state index is 0. The van der Waals surface area contributed by atoms with Crippen LogP contribution in [0.5, 0.6) is 0 Å². The van der Waals surface area contributed by atoms with Gasteiger partial charge in [0.05, 0.1) is 22.6 Å². The van der Waals surface area contributed by atoms with Gasteiger partial charge in [-0.1, -0.05) is 18.2 Å². The van der Waals surface area contributed by atoms with Crippen molar-refractivity contribution in [2.75, 3.05) is 11.4 Å². The Hall–Kier alpha value is -2.01. The van der Waals surface area contributed by atoms with Crippen LogP contribution in [0, 0.1) is 0 Å². The summed E-state index contributed by atoms with van der Waals surface area (Å²) in [6.07, 6.45) is -3.45. The summed E-state index contributed by atoms with van der Waals surface area (Å²) in [5.41, 5.74) is 4.53. The zero-order chi connectivity index (χ0) is 15.5. The van der Waals surface area contributed by atoms with Gasteiger partial charge < -0.3 is 4.90 Å². The number of nitrogens with zero attached hydrogens (tertiary/aromatic N) is 2. The summed E-state index contributed by atoms with van der Waals surface area (Å²) in [5.74, 6) is 0. The molecule has 0 bridgehead atoms. The van der Waals surface area contributed by atoms with Gasteiger partial charge in [0, 0.05) is 17.8 Å². The highest BCUT2D eigenvalue weighted by molar-refractivity contribution is 6.09. The second-order valence-electron chi connectivity index (χ2n) is 5.61. The Labute approximate surface area is 138 Å². The summed E-state index contributed by atoms with van der Waals surface area (Å²) in [6.45, 7) is 2.62. The van der Waals surface area contributed by atoms with Crippen molar-refractivity contribution in [3.8, 4) is 0 Å². The summed E-state index contributed by atoms with van der Waals surface area (Å²) in [6, 6.07) is 9.84. The van der Waals surface area contributed by atoms with Crippen LogP contribution in [-0.2, 0) is 12.6 Å². The molecule has 0 N–H and O–H groups in total. The molecule has 6 heteroatoms. The molecule has 120 valence electrons. The van der Waals surface area contributed by atoms with Crippen molar-refractivity contribution in [3.63, 3.8) is 0 Å². The van der Waals surface area contributed by atoms with Gasteiger partial charge >= 0.3 is 6.18 Å². The van der Waals surface area contributed by atoms with Gasteiger partial charge in [-0.2, -0.15) is 13.2 Å². The van der Waals surface area contributed by atoms with Gasteiger partial charge in [-0.15, -0.1) is 12.4 Å². The van der Waals surface area contributed by atoms with Crippen LogP contribution in [0.2, 0.25) is 0 Å². The molecular weight excluding hydrogens is 325 g/mol. The summed E-state index contributed by atoms with van der Waals surface area (Å²) in [5, 5.41) is 0. The smallest absolute Gasteiger partial charge is 0.339 e. The number of rotatable bonds is 0. The van der Waals surface area contributed by atoms with E-state index in [-0.39, 0.29) is 12.4 Å². The monoisotopic (exact) mass is 338 g/mol. The molecule has 0 radical (unpaired) electrons. The molecule has 2 aliphatic heterocycles. The van der Waals surface area contributed by atoms with Gasteiger partial charge in [0.15, 0.2) is 0 Å². The van der Waals surface area contributed by atoms with Crippen LogP contribution in [0.1, 0.15) is 23.6 Å². The van der Waals surface area contributed by atoms with E-state index in [0.717, 1.165) is 47.7 Å². The lowest BCUT2D eigenvalue weighted by Crippen LogP contribution is -2.15. The molecule has 0 fully saturated rings. The number of hydrogen-bond donors (Lipinski definition) is 0. The predicted molar refractivity (Wildman–Crippen MR) is 87.7 cm³/mol. The number of alkyl halides is 3. The highest BCUT2D eigenvalue weighted by Gasteiger charge is 2.33. The molecule has 2 aromatic rings. The van der Waals surface area contributed by atoms with Crippen molar-refractivity contribution < 1.29 is 13.2 Å². The molecule has 0 aromatic heterocycles. The van der Waals surface area contributed by atoms with Crippen LogP contribution in [-0.4, -0.2) is 12.3 Å². The van der Waals surface area contributed by atoms with Crippen LogP contribution in [0.25, 0.3) is 0 Å². The number of hydrogen-bond acceptors (Lipinski definition) is 2. The van der Waals surface area contributed by atoms with Crippen molar-refractivity contribution in [1.82, 2.24) is 0 Å². The molecule has 2 heterocycles. The largest absolute Gasteiger partial charge is 0.416 e. The first-order chi connectivity index (χ1) is 10.4. The average molecular weight is 339 g/mol. The molecule has 2 nitrogen and oxygen atoms in total. The Morgan fingerprint density at radius 3 is 2.65 bits per heavy atom. The zero-order valence-electron chi connectivity index (χ0n) is 12.3. The molecule has 0 unspecified atom stereocenters. The molecule has 2 aromatic carbocycles. The molecular formula is C17H14ClF3N2. The van der Waals surface area contributed by atoms with Crippen LogP contribution in [0.3, 0.4) is 0 Å². The number of halogens is 4. The standard InChI is InChI=1S/C17H13F3N2.ClH/c1-10-13-4-2-3-11-7-8-22(16(11)13)15-6-5-12(17(18,19)20)9-14(15)21-10;/h2-6,9H,7-8H2,1H3;1H. The molecule has 0 saturated carbocycles. The maximum Gasteiger partial charge on any atom is 0.416 e. The number of aliphatic imine (C=N–C) groups is 1. The first-order valence-electron chi connectivity index (χ1n) is 7.11. The lowest BCUT2D eigenvalue weighted by atomic mass is 10.0. The van der Waals surface area contributed by atoms with Crippen molar-refractivity contribution in [3.05, 3.63) is 53.1 Å². The third kappa shape index (κ3) is 2.39. The summed E-state index contributed by atoms with van der Waals surface area (Å²) in [7, 11) is 0. The Balaban J connectivity index is 0.00000156. The highest BCUT2D eigenvalue weighted by Crippen LogP contribution is 2.46. The Bertz CT molecular complexity index is 812. The first-order valence-corrected chi connectivity index (χ1v) is 7.11. The average Bonchev–Trinajstić information content (AvgIpc) is 2.84. The van der Waals surface area contributed by atoms with E-state index in [1.165, 1.54) is 11.6 Å². The predicted octanol–water partition coefficient (Wildman–Crippen LogP) is 5.28. The van der Waals surface area contributed by atoms with E-state index in [4.69, 9.17) is 0 Å². The van der Waals surface area contributed by atoms with E-state index in [1.807, 2.05) is 19.1 Å². The fourth-order valence-electron chi connectivity index (χ4n) is 3.25. The number of anilines is 2. The SMILES string of the molecule is CC1=Nc2cc(C(F)(F)F)ccc2N2CCc3cccc1c32.Cl. The van der Waals surface area contributed by atoms with Crippen molar-refractivity contribution in [1.29, 1.82) is 0 Å². The fourth-order valence-corrected chi connectivity index (χ4v) is 3.25. The number of fused-ring (bicyclic) bond motifs is 2. The topological polar surface area (TPSA) is 15.6 Å². The van der Waals surface area contributed by atoms with E-state index in [9.17, 15) is 13.2 Å². The van der Waals surface area contributed by atoms with Crippen LogP contribution in [0.15, 0.2) is 41.4 Å².